The lowest BCUT2D eigenvalue weighted by Gasteiger charge is -2.14. The summed E-state index contributed by atoms with van der Waals surface area (Å²) in [4.78, 5) is 5.84. The van der Waals surface area contributed by atoms with Crippen LogP contribution in [0.3, 0.4) is 0 Å². The molecule has 0 saturated heterocycles. The number of fused-ring (bicyclic) bond motifs is 1. The Morgan fingerprint density at radius 1 is 1.24 bits per heavy atom. The highest BCUT2D eigenvalue weighted by Crippen LogP contribution is 2.27. The first kappa shape index (κ1) is 14.5. The first-order valence-corrected chi connectivity index (χ1v) is 8.17. The second-order valence-corrected chi connectivity index (χ2v) is 6.93. The van der Waals surface area contributed by atoms with E-state index in [1.54, 1.807) is 11.3 Å². The molecule has 1 aromatic carbocycles. The van der Waals surface area contributed by atoms with Crippen LogP contribution in [0.25, 0.3) is 10.9 Å². The minimum absolute atomic E-state index is 0.287. The number of benzene rings is 1. The molecule has 1 N–H and O–H groups in total. The van der Waals surface area contributed by atoms with Gasteiger partial charge in [-0.1, -0.05) is 29.8 Å². The van der Waals surface area contributed by atoms with Crippen molar-refractivity contribution in [2.24, 2.45) is 0 Å². The normalized spacial score (nSPS) is 12.7. The van der Waals surface area contributed by atoms with Crippen LogP contribution in [0.5, 0.6) is 0 Å². The van der Waals surface area contributed by atoms with E-state index in [2.05, 4.69) is 47.6 Å². The van der Waals surface area contributed by atoms with Gasteiger partial charge in [0.1, 0.15) is 0 Å². The second-order valence-electron chi connectivity index (χ2n) is 5.18. The van der Waals surface area contributed by atoms with Crippen molar-refractivity contribution >= 4 is 33.8 Å². The van der Waals surface area contributed by atoms with Crippen LogP contribution >= 0.6 is 22.9 Å². The van der Waals surface area contributed by atoms with Gasteiger partial charge < -0.3 is 5.32 Å². The zero-order chi connectivity index (χ0) is 14.8. The Balaban J connectivity index is 1.82. The quantitative estimate of drug-likeness (QED) is 0.723. The Labute approximate surface area is 133 Å². The SMILES string of the molecule is Cc1cc(CNC(C)c2ccc(Cl)s2)c2ccccc2n1. The number of aryl methyl sites for hydroxylation is 1. The molecule has 0 bridgehead atoms. The van der Waals surface area contributed by atoms with Gasteiger partial charge in [0.25, 0.3) is 0 Å². The summed E-state index contributed by atoms with van der Waals surface area (Å²) < 4.78 is 0.837. The van der Waals surface area contributed by atoms with Crippen molar-refractivity contribution in [3.63, 3.8) is 0 Å². The summed E-state index contributed by atoms with van der Waals surface area (Å²) in [5.74, 6) is 0. The number of nitrogens with one attached hydrogen (secondary N) is 1. The van der Waals surface area contributed by atoms with Crippen LogP contribution in [0.15, 0.2) is 42.5 Å². The van der Waals surface area contributed by atoms with E-state index in [4.69, 9.17) is 11.6 Å². The van der Waals surface area contributed by atoms with Crippen LogP contribution in [0.2, 0.25) is 4.34 Å². The minimum Gasteiger partial charge on any atom is -0.305 e. The molecule has 0 amide bonds. The molecule has 0 aliphatic heterocycles. The molecule has 3 aromatic rings. The number of halogens is 1. The summed E-state index contributed by atoms with van der Waals surface area (Å²) in [6.07, 6.45) is 0. The molecule has 0 aliphatic carbocycles. The third-order valence-electron chi connectivity index (χ3n) is 3.55. The molecule has 2 heterocycles. The minimum atomic E-state index is 0.287. The number of nitrogens with zero attached hydrogens (tertiary/aromatic N) is 1. The average Bonchev–Trinajstić information content (AvgIpc) is 2.91. The maximum absolute atomic E-state index is 6.00. The summed E-state index contributed by atoms with van der Waals surface area (Å²) >= 11 is 7.63. The summed E-state index contributed by atoms with van der Waals surface area (Å²) in [6.45, 7) is 5.03. The standard InChI is InChI=1S/C17H17ClN2S/c1-11-9-13(14-5-3-4-6-15(14)20-11)10-19-12(2)16-7-8-17(18)21-16/h3-9,12,19H,10H2,1-2H3. The highest BCUT2D eigenvalue weighted by atomic mass is 35.5. The van der Waals surface area contributed by atoms with Crippen molar-refractivity contribution in [2.75, 3.05) is 0 Å². The van der Waals surface area contributed by atoms with Gasteiger partial charge in [-0.05, 0) is 43.7 Å². The third-order valence-corrected chi connectivity index (χ3v) is 4.96. The van der Waals surface area contributed by atoms with Crippen LogP contribution in [0, 0.1) is 6.92 Å². The summed E-state index contributed by atoms with van der Waals surface area (Å²) in [5, 5.41) is 4.79. The van der Waals surface area contributed by atoms with Gasteiger partial charge in [-0.15, -0.1) is 11.3 Å². The van der Waals surface area contributed by atoms with Crippen LogP contribution in [0.1, 0.15) is 29.1 Å². The highest BCUT2D eigenvalue weighted by Gasteiger charge is 2.09. The molecule has 3 rings (SSSR count). The number of aromatic nitrogens is 1. The second kappa shape index (κ2) is 6.14. The van der Waals surface area contributed by atoms with Gasteiger partial charge in [0, 0.05) is 28.5 Å². The Bertz CT molecular complexity index is 766. The molecule has 0 radical (unpaired) electrons. The zero-order valence-corrected chi connectivity index (χ0v) is 13.6. The lowest BCUT2D eigenvalue weighted by molar-refractivity contribution is 0.584. The van der Waals surface area contributed by atoms with Crippen molar-refractivity contribution in [1.29, 1.82) is 0 Å². The number of thiophene rings is 1. The number of hydrogen-bond donors (Lipinski definition) is 1. The molecule has 4 heteroatoms. The van der Waals surface area contributed by atoms with Gasteiger partial charge in [0.05, 0.1) is 9.85 Å². The molecule has 0 aliphatic rings. The molecule has 0 fully saturated rings. The molecule has 21 heavy (non-hydrogen) atoms. The monoisotopic (exact) mass is 316 g/mol. The van der Waals surface area contributed by atoms with E-state index >= 15 is 0 Å². The van der Waals surface area contributed by atoms with Crippen molar-refractivity contribution in [3.8, 4) is 0 Å². The highest BCUT2D eigenvalue weighted by molar-refractivity contribution is 7.16. The maximum Gasteiger partial charge on any atom is 0.0931 e. The maximum atomic E-state index is 6.00. The van der Waals surface area contributed by atoms with Crippen LogP contribution in [0.4, 0.5) is 0 Å². The van der Waals surface area contributed by atoms with Crippen LogP contribution in [-0.2, 0) is 6.54 Å². The topological polar surface area (TPSA) is 24.9 Å². The fourth-order valence-corrected chi connectivity index (χ4v) is 3.55. The first-order chi connectivity index (χ1) is 10.1. The third kappa shape index (κ3) is 3.26. The molecule has 2 aromatic heterocycles. The molecule has 1 atom stereocenters. The molecular weight excluding hydrogens is 300 g/mol. The zero-order valence-electron chi connectivity index (χ0n) is 12.1. The van der Waals surface area contributed by atoms with E-state index in [0.29, 0.717) is 0 Å². The molecule has 108 valence electrons. The molecular formula is C17H17ClN2S. The summed E-state index contributed by atoms with van der Waals surface area (Å²) in [5.41, 5.74) is 3.39. The summed E-state index contributed by atoms with van der Waals surface area (Å²) in [7, 11) is 0. The van der Waals surface area contributed by atoms with Crippen LogP contribution < -0.4 is 5.32 Å². The largest absolute Gasteiger partial charge is 0.305 e. The van der Waals surface area contributed by atoms with Crippen molar-refractivity contribution in [3.05, 3.63) is 62.9 Å². The van der Waals surface area contributed by atoms with Gasteiger partial charge in [0.15, 0.2) is 0 Å². The van der Waals surface area contributed by atoms with E-state index in [0.717, 1.165) is 22.1 Å². The Kier molecular flexibility index (Phi) is 4.24. The van der Waals surface area contributed by atoms with Gasteiger partial charge in [-0.2, -0.15) is 0 Å². The molecule has 1 unspecified atom stereocenters. The van der Waals surface area contributed by atoms with E-state index in [1.165, 1.54) is 15.8 Å². The van der Waals surface area contributed by atoms with Crippen LogP contribution in [-0.4, -0.2) is 4.98 Å². The van der Waals surface area contributed by atoms with E-state index in [1.807, 2.05) is 19.1 Å². The molecule has 0 spiro atoms. The van der Waals surface area contributed by atoms with Gasteiger partial charge >= 0.3 is 0 Å². The van der Waals surface area contributed by atoms with Gasteiger partial charge in [-0.25, -0.2) is 0 Å². The van der Waals surface area contributed by atoms with Crippen molar-refractivity contribution in [1.82, 2.24) is 10.3 Å². The van der Waals surface area contributed by atoms with Gasteiger partial charge in [-0.3, -0.25) is 4.98 Å². The number of rotatable bonds is 4. The van der Waals surface area contributed by atoms with Crippen molar-refractivity contribution < 1.29 is 0 Å². The molecule has 2 nitrogen and oxygen atoms in total. The van der Waals surface area contributed by atoms with Gasteiger partial charge in [0.2, 0.25) is 0 Å². The van der Waals surface area contributed by atoms with E-state index in [-0.39, 0.29) is 6.04 Å². The number of hydrogen-bond acceptors (Lipinski definition) is 3. The lowest BCUT2D eigenvalue weighted by atomic mass is 10.1. The summed E-state index contributed by atoms with van der Waals surface area (Å²) in [6, 6.07) is 14.8. The predicted molar refractivity (Wildman–Crippen MR) is 91.1 cm³/mol. The molecule has 0 saturated carbocycles. The smallest absolute Gasteiger partial charge is 0.0931 e. The fraction of sp³-hybridized carbons (Fsp3) is 0.235. The first-order valence-electron chi connectivity index (χ1n) is 6.97. The Hall–Kier alpha value is -1.42. The Morgan fingerprint density at radius 3 is 2.81 bits per heavy atom. The Morgan fingerprint density at radius 2 is 2.05 bits per heavy atom. The van der Waals surface area contributed by atoms with E-state index in [9.17, 15) is 0 Å². The van der Waals surface area contributed by atoms with E-state index < -0.39 is 0 Å². The average molecular weight is 317 g/mol. The van der Waals surface area contributed by atoms with Crippen molar-refractivity contribution in [2.45, 2.75) is 26.4 Å². The number of para-hydroxylation sites is 1. The number of pyridine rings is 1. The lowest BCUT2D eigenvalue weighted by Crippen LogP contribution is -2.17. The predicted octanol–water partition coefficient (Wildman–Crippen LogP) is 5.11. The fourth-order valence-electron chi connectivity index (χ4n) is 2.47.